The van der Waals surface area contributed by atoms with E-state index in [1.54, 1.807) is 0 Å². The minimum Gasteiger partial charge on any atom is -0.464 e. The SMILES string of the molecule is C=CCC(NC(=O)C(F)(F)C(F)(F)C(F)(F)C(F)(F)C(F)(F)C(F)(F)C(F)(F)F)C(=O)OCCCCCCCCCCCCCCCCC. The molecule has 19 heteroatoms. The molecule has 0 aromatic heterocycles. The predicted octanol–water partition coefficient (Wildman–Crippen LogP) is 10.8. The second kappa shape index (κ2) is 19.3. The number of halogens is 15. The molecule has 1 atom stereocenters. The van der Waals surface area contributed by atoms with Crippen molar-refractivity contribution in [1.29, 1.82) is 0 Å². The summed E-state index contributed by atoms with van der Waals surface area (Å²) in [4.78, 5) is 24.0. The van der Waals surface area contributed by atoms with Crippen LogP contribution in [0.15, 0.2) is 12.7 Å². The molecule has 0 rings (SSSR count). The highest BCUT2D eigenvalue weighted by molar-refractivity contribution is 5.89. The van der Waals surface area contributed by atoms with Gasteiger partial charge >= 0.3 is 47.7 Å². The number of amides is 1. The van der Waals surface area contributed by atoms with Gasteiger partial charge in [-0.2, -0.15) is 65.9 Å². The van der Waals surface area contributed by atoms with Crippen molar-refractivity contribution in [2.45, 2.75) is 157 Å². The largest absolute Gasteiger partial charge is 0.464 e. The second-order valence-electron chi connectivity index (χ2n) is 11.6. The summed E-state index contributed by atoms with van der Waals surface area (Å²) >= 11 is 0. The highest BCUT2D eigenvalue weighted by Crippen LogP contribution is 2.62. The summed E-state index contributed by atoms with van der Waals surface area (Å²) in [5.41, 5.74) is 0. The smallest absolute Gasteiger partial charge is 0.460 e. The molecular formula is C30H42F15NO3. The van der Waals surface area contributed by atoms with Gasteiger partial charge in [-0.05, 0) is 12.8 Å². The molecule has 0 spiro atoms. The lowest BCUT2D eigenvalue weighted by molar-refractivity contribution is -0.449. The van der Waals surface area contributed by atoms with Gasteiger partial charge in [-0.15, -0.1) is 6.58 Å². The maximum absolute atomic E-state index is 14.2. The van der Waals surface area contributed by atoms with Gasteiger partial charge in [0.1, 0.15) is 6.04 Å². The topological polar surface area (TPSA) is 55.4 Å². The van der Waals surface area contributed by atoms with Crippen molar-refractivity contribution in [2.75, 3.05) is 6.61 Å². The molecule has 0 saturated carbocycles. The summed E-state index contributed by atoms with van der Waals surface area (Å²) in [6, 6.07) is -2.40. The zero-order valence-electron chi connectivity index (χ0n) is 26.8. The Labute approximate surface area is 274 Å². The normalized spacial score (nSPS) is 14.4. The maximum Gasteiger partial charge on any atom is 0.460 e. The average molecular weight is 750 g/mol. The number of esters is 1. The van der Waals surface area contributed by atoms with E-state index in [1.807, 2.05) is 0 Å². The summed E-state index contributed by atoms with van der Waals surface area (Å²) < 4.78 is 206. The summed E-state index contributed by atoms with van der Waals surface area (Å²) in [6.07, 6.45) is 6.99. The van der Waals surface area contributed by atoms with Crippen molar-refractivity contribution in [3.63, 3.8) is 0 Å². The standard InChI is InChI=1S/C30H42F15NO3/c1-3-5-6-7-8-9-10-11-12-13-14-15-16-17-18-20-49-22(47)21(19-4-2)46-23(48)24(31,32)25(33,34)26(35,36)27(37,38)28(39,40)29(41,42)30(43,44)45/h4,21H,2-3,5-20H2,1H3,(H,46,48). The van der Waals surface area contributed by atoms with Crippen molar-refractivity contribution in [3.8, 4) is 0 Å². The highest BCUT2D eigenvalue weighted by atomic mass is 19.4. The van der Waals surface area contributed by atoms with Crippen LogP contribution in [0.2, 0.25) is 0 Å². The van der Waals surface area contributed by atoms with Gasteiger partial charge in [0.2, 0.25) is 0 Å². The van der Waals surface area contributed by atoms with Crippen LogP contribution in [-0.4, -0.2) is 66.2 Å². The molecule has 0 saturated heterocycles. The van der Waals surface area contributed by atoms with Gasteiger partial charge < -0.3 is 10.1 Å². The molecule has 0 fully saturated rings. The molecule has 1 amide bonds. The minimum absolute atomic E-state index is 0.199. The van der Waals surface area contributed by atoms with Crippen LogP contribution in [0.4, 0.5) is 65.9 Å². The highest BCUT2D eigenvalue weighted by Gasteiger charge is 2.94. The van der Waals surface area contributed by atoms with E-state index in [-0.39, 0.29) is 6.42 Å². The predicted molar refractivity (Wildman–Crippen MR) is 148 cm³/mol. The molecule has 4 nitrogen and oxygen atoms in total. The molecule has 0 heterocycles. The van der Waals surface area contributed by atoms with E-state index in [0.717, 1.165) is 37.4 Å². The molecule has 0 aliphatic rings. The molecule has 1 N–H and O–H groups in total. The van der Waals surface area contributed by atoms with Gasteiger partial charge in [-0.25, -0.2) is 4.79 Å². The van der Waals surface area contributed by atoms with Gasteiger partial charge in [0, 0.05) is 0 Å². The Bertz CT molecular complexity index is 1020. The van der Waals surface area contributed by atoms with Crippen LogP contribution in [-0.2, 0) is 14.3 Å². The first kappa shape index (κ1) is 46.6. The van der Waals surface area contributed by atoms with Crippen molar-refractivity contribution < 1.29 is 80.2 Å². The van der Waals surface area contributed by atoms with Crippen LogP contribution in [0.3, 0.4) is 0 Å². The molecule has 0 aliphatic heterocycles. The van der Waals surface area contributed by atoms with Gasteiger partial charge in [-0.3, -0.25) is 4.79 Å². The Morgan fingerprint density at radius 3 is 1.29 bits per heavy atom. The summed E-state index contributed by atoms with van der Waals surface area (Å²) in [5.74, 6) is -54.0. The van der Waals surface area contributed by atoms with Crippen molar-refractivity contribution >= 4 is 11.9 Å². The third-order valence-electron chi connectivity index (χ3n) is 7.60. The fraction of sp³-hybridized carbons (Fsp3) is 0.867. The third-order valence-corrected chi connectivity index (χ3v) is 7.60. The fourth-order valence-corrected chi connectivity index (χ4v) is 4.49. The number of carbonyl (C=O) groups excluding carboxylic acids is 2. The van der Waals surface area contributed by atoms with Crippen molar-refractivity contribution in [2.24, 2.45) is 0 Å². The molecule has 0 aromatic rings. The molecule has 1 unspecified atom stereocenters. The van der Waals surface area contributed by atoms with E-state index in [0.29, 0.717) is 18.9 Å². The number of carbonyl (C=O) groups is 2. The first-order chi connectivity index (χ1) is 22.3. The van der Waals surface area contributed by atoms with Crippen molar-refractivity contribution in [3.05, 3.63) is 12.7 Å². The average Bonchev–Trinajstić information content (AvgIpc) is 2.99. The first-order valence-electron chi connectivity index (χ1n) is 15.7. The lowest BCUT2D eigenvalue weighted by atomic mass is 9.90. The van der Waals surface area contributed by atoms with E-state index in [1.165, 1.54) is 44.9 Å². The number of hydrogen-bond acceptors (Lipinski definition) is 3. The molecule has 0 aromatic carbocycles. The molecule has 0 bridgehead atoms. The molecule has 290 valence electrons. The summed E-state index contributed by atoms with van der Waals surface area (Å²) in [7, 11) is 0. The Morgan fingerprint density at radius 1 is 0.571 bits per heavy atom. The first-order valence-corrected chi connectivity index (χ1v) is 15.7. The molecule has 0 aliphatic carbocycles. The van der Waals surface area contributed by atoms with Crippen LogP contribution in [0.5, 0.6) is 0 Å². The fourth-order valence-electron chi connectivity index (χ4n) is 4.49. The zero-order chi connectivity index (χ0) is 38.4. The van der Waals surface area contributed by atoms with Gasteiger partial charge in [0.05, 0.1) is 6.61 Å². The molecular weight excluding hydrogens is 707 g/mol. The Morgan fingerprint density at radius 2 is 0.918 bits per heavy atom. The van der Waals surface area contributed by atoms with Gasteiger partial charge in [0.15, 0.2) is 0 Å². The maximum atomic E-state index is 14.2. The van der Waals surface area contributed by atoms with Gasteiger partial charge in [0.25, 0.3) is 5.91 Å². The summed E-state index contributed by atoms with van der Waals surface area (Å²) in [6.45, 7) is 4.81. The number of nitrogens with one attached hydrogen (secondary N) is 1. The van der Waals surface area contributed by atoms with E-state index in [9.17, 15) is 75.4 Å². The van der Waals surface area contributed by atoms with E-state index in [4.69, 9.17) is 4.74 Å². The summed E-state index contributed by atoms with van der Waals surface area (Å²) in [5, 5.41) is 0.777. The van der Waals surface area contributed by atoms with E-state index >= 15 is 0 Å². The van der Waals surface area contributed by atoms with Crippen LogP contribution < -0.4 is 5.32 Å². The number of ether oxygens (including phenoxy) is 1. The van der Waals surface area contributed by atoms with Crippen LogP contribution in [0.1, 0.15) is 110 Å². The lowest BCUT2D eigenvalue weighted by Crippen LogP contribution is -2.74. The zero-order valence-corrected chi connectivity index (χ0v) is 26.8. The van der Waals surface area contributed by atoms with E-state index in [2.05, 4.69) is 13.5 Å². The van der Waals surface area contributed by atoms with Crippen LogP contribution in [0, 0.1) is 0 Å². The van der Waals surface area contributed by atoms with Crippen LogP contribution in [0.25, 0.3) is 0 Å². The Balaban J connectivity index is 5.09. The number of rotatable bonds is 26. The van der Waals surface area contributed by atoms with Gasteiger partial charge in [-0.1, -0.05) is 103 Å². The van der Waals surface area contributed by atoms with Crippen LogP contribution >= 0.6 is 0 Å². The Kier molecular flexibility index (Phi) is 18.4. The number of alkyl halides is 15. The molecule has 0 radical (unpaired) electrons. The minimum atomic E-state index is -8.53. The van der Waals surface area contributed by atoms with E-state index < -0.39 is 72.7 Å². The number of hydrogen-bond donors (Lipinski definition) is 1. The second-order valence-corrected chi connectivity index (χ2v) is 11.6. The Hall–Kier alpha value is -2.37. The quantitative estimate of drug-likeness (QED) is 0.0415. The number of unbranched alkanes of at least 4 members (excludes halogenated alkanes) is 14. The third kappa shape index (κ3) is 11.6. The molecule has 49 heavy (non-hydrogen) atoms. The lowest BCUT2D eigenvalue weighted by Gasteiger charge is -2.41. The monoisotopic (exact) mass is 749 g/mol. The van der Waals surface area contributed by atoms with Crippen molar-refractivity contribution in [1.82, 2.24) is 5.32 Å².